The lowest BCUT2D eigenvalue weighted by atomic mass is 10.0. The van der Waals surface area contributed by atoms with Crippen LogP contribution in [0.4, 0.5) is 0 Å². The van der Waals surface area contributed by atoms with Crippen LogP contribution in [0, 0.1) is 17.8 Å². The maximum absolute atomic E-state index is 12.0. The molecule has 1 amide bonds. The van der Waals surface area contributed by atoms with Crippen molar-refractivity contribution in [2.45, 2.75) is 38.6 Å². The Morgan fingerprint density at radius 1 is 1.47 bits per heavy atom. The van der Waals surface area contributed by atoms with Crippen molar-refractivity contribution in [3.63, 3.8) is 0 Å². The van der Waals surface area contributed by atoms with E-state index in [0.29, 0.717) is 0 Å². The standard InChI is InChI=1S/C14H19NO2/c1-9(5-13-3-2-4-17-13)15-14(16)12-7-10-6-11(10)8-12/h2-4,9-12H,5-8H2,1H3,(H,15,16). The summed E-state index contributed by atoms with van der Waals surface area (Å²) in [7, 11) is 0. The molecule has 2 saturated carbocycles. The molecule has 3 rings (SSSR count). The zero-order valence-corrected chi connectivity index (χ0v) is 10.2. The normalized spacial score (nSPS) is 31.9. The fourth-order valence-electron chi connectivity index (χ4n) is 3.07. The van der Waals surface area contributed by atoms with Crippen LogP contribution in [0.2, 0.25) is 0 Å². The molecule has 0 bridgehead atoms. The van der Waals surface area contributed by atoms with Crippen LogP contribution >= 0.6 is 0 Å². The van der Waals surface area contributed by atoms with Crippen LogP contribution in [0.25, 0.3) is 0 Å². The van der Waals surface area contributed by atoms with E-state index in [1.54, 1.807) is 6.26 Å². The topological polar surface area (TPSA) is 42.2 Å². The van der Waals surface area contributed by atoms with Gasteiger partial charge in [0.2, 0.25) is 5.91 Å². The first kappa shape index (κ1) is 10.9. The molecule has 3 heteroatoms. The third-order valence-electron chi connectivity index (χ3n) is 4.09. The Hall–Kier alpha value is -1.25. The highest BCUT2D eigenvalue weighted by atomic mass is 16.3. The van der Waals surface area contributed by atoms with Gasteiger partial charge in [-0.05, 0) is 50.2 Å². The molecule has 2 aliphatic rings. The summed E-state index contributed by atoms with van der Waals surface area (Å²) < 4.78 is 5.28. The van der Waals surface area contributed by atoms with Crippen LogP contribution in [0.1, 0.15) is 31.9 Å². The van der Waals surface area contributed by atoms with Gasteiger partial charge in [-0.15, -0.1) is 0 Å². The third kappa shape index (κ3) is 2.38. The monoisotopic (exact) mass is 233 g/mol. The SMILES string of the molecule is CC(Cc1ccco1)NC(=O)C1CC2CC2C1. The van der Waals surface area contributed by atoms with Crippen molar-refractivity contribution in [2.75, 3.05) is 0 Å². The van der Waals surface area contributed by atoms with Gasteiger partial charge < -0.3 is 9.73 Å². The lowest BCUT2D eigenvalue weighted by Gasteiger charge is -2.17. The summed E-state index contributed by atoms with van der Waals surface area (Å²) in [5, 5.41) is 3.10. The highest BCUT2D eigenvalue weighted by Gasteiger charge is 2.48. The first-order valence-corrected chi connectivity index (χ1v) is 6.55. The van der Waals surface area contributed by atoms with E-state index in [0.717, 1.165) is 36.9 Å². The van der Waals surface area contributed by atoms with Crippen molar-refractivity contribution in [1.29, 1.82) is 0 Å². The van der Waals surface area contributed by atoms with Crippen molar-refractivity contribution in [1.82, 2.24) is 5.32 Å². The number of hydrogen-bond acceptors (Lipinski definition) is 2. The zero-order chi connectivity index (χ0) is 11.8. The summed E-state index contributed by atoms with van der Waals surface area (Å²) in [6.45, 7) is 2.04. The first-order valence-electron chi connectivity index (χ1n) is 6.55. The minimum Gasteiger partial charge on any atom is -0.469 e. The van der Waals surface area contributed by atoms with Gasteiger partial charge in [0, 0.05) is 18.4 Å². The van der Waals surface area contributed by atoms with Crippen LogP contribution in [0.15, 0.2) is 22.8 Å². The Bertz CT molecular complexity index is 388. The Morgan fingerprint density at radius 2 is 2.24 bits per heavy atom. The summed E-state index contributed by atoms with van der Waals surface area (Å²) in [5.41, 5.74) is 0. The van der Waals surface area contributed by atoms with Crippen LogP contribution in [0.3, 0.4) is 0 Å². The molecule has 2 aliphatic carbocycles. The number of rotatable bonds is 4. The maximum atomic E-state index is 12.0. The Morgan fingerprint density at radius 3 is 2.88 bits per heavy atom. The van der Waals surface area contributed by atoms with E-state index in [1.807, 2.05) is 19.1 Å². The van der Waals surface area contributed by atoms with E-state index in [1.165, 1.54) is 6.42 Å². The second-order valence-electron chi connectivity index (χ2n) is 5.62. The van der Waals surface area contributed by atoms with Crippen molar-refractivity contribution < 1.29 is 9.21 Å². The fourth-order valence-corrected chi connectivity index (χ4v) is 3.07. The third-order valence-corrected chi connectivity index (χ3v) is 4.09. The minimum absolute atomic E-state index is 0.158. The minimum atomic E-state index is 0.158. The Kier molecular flexibility index (Phi) is 2.69. The molecule has 3 nitrogen and oxygen atoms in total. The summed E-state index contributed by atoms with van der Waals surface area (Å²) in [6, 6.07) is 3.99. The van der Waals surface area contributed by atoms with Crippen LogP contribution in [0.5, 0.6) is 0 Å². The molecule has 17 heavy (non-hydrogen) atoms. The van der Waals surface area contributed by atoms with Gasteiger partial charge in [-0.3, -0.25) is 4.79 Å². The van der Waals surface area contributed by atoms with E-state index < -0.39 is 0 Å². The summed E-state index contributed by atoms with van der Waals surface area (Å²) in [5.74, 6) is 3.19. The molecule has 3 atom stereocenters. The van der Waals surface area contributed by atoms with Gasteiger partial charge in [-0.1, -0.05) is 0 Å². The lowest BCUT2D eigenvalue weighted by molar-refractivity contribution is -0.125. The molecule has 1 heterocycles. The highest BCUT2D eigenvalue weighted by Crippen LogP contribution is 2.54. The molecule has 92 valence electrons. The molecule has 1 aromatic rings. The molecule has 0 saturated heterocycles. The largest absolute Gasteiger partial charge is 0.469 e. The van der Waals surface area contributed by atoms with Crippen molar-refractivity contribution in [2.24, 2.45) is 17.8 Å². The van der Waals surface area contributed by atoms with Gasteiger partial charge >= 0.3 is 0 Å². The number of carbonyl (C=O) groups is 1. The average Bonchev–Trinajstić information content (AvgIpc) is 2.74. The zero-order valence-electron chi connectivity index (χ0n) is 10.2. The van der Waals surface area contributed by atoms with E-state index in [4.69, 9.17) is 4.42 Å². The second-order valence-corrected chi connectivity index (χ2v) is 5.62. The first-order chi connectivity index (χ1) is 8.22. The number of hydrogen-bond donors (Lipinski definition) is 1. The number of nitrogens with one attached hydrogen (secondary N) is 1. The summed E-state index contributed by atoms with van der Waals surface area (Å²) >= 11 is 0. The van der Waals surface area contributed by atoms with Gasteiger partial charge in [0.15, 0.2) is 0 Å². The van der Waals surface area contributed by atoms with Gasteiger partial charge in [0.05, 0.1) is 6.26 Å². The molecule has 2 fully saturated rings. The maximum Gasteiger partial charge on any atom is 0.223 e. The van der Waals surface area contributed by atoms with Gasteiger partial charge in [0.25, 0.3) is 0 Å². The van der Waals surface area contributed by atoms with Gasteiger partial charge in [0.1, 0.15) is 5.76 Å². The number of fused-ring (bicyclic) bond motifs is 1. The number of furan rings is 1. The smallest absolute Gasteiger partial charge is 0.223 e. The van der Waals surface area contributed by atoms with E-state index in [9.17, 15) is 4.79 Å². The molecule has 3 unspecified atom stereocenters. The fraction of sp³-hybridized carbons (Fsp3) is 0.643. The van der Waals surface area contributed by atoms with Crippen LogP contribution in [-0.4, -0.2) is 11.9 Å². The van der Waals surface area contributed by atoms with Crippen LogP contribution in [-0.2, 0) is 11.2 Å². The predicted molar refractivity (Wildman–Crippen MR) is 64.3 cm³/mol. The molecule has 0 radical (unpaired) electrons. The van der Waals surface area contributed by atoms with Crippen LogP contribution < -0.4 is 5.32 Å². The molecule has 0 spiro atoms. The van der Waals surface area contributed by atoms with E-state index in [-0.39, 0.29) is 17.9 Å². The number of carbonyl (C=O) groups excluding carboxylic acids is 1. The molecular formula is C14H19NO2. The molecule has 0 aliphatic heterocycles. The molecule has 0 aromatic carbocycles. The highest BCUT2D eigenvalue weighted by molar-refractivity contribution is 5.79. The van der Waals surface area contributed by atoms with Crippen molar-refractivity contribution >= 4 is 5.91 Å². The Balaban J connectivity index is 1.47. The van der Waals surface area contributed by atoms with E-state index >= 15 is 0 Å². The average molecular weight is 233 g/mol. The van der Waals surface area contributed by atoms with E-state index in [2.05, 4.69) is 5.32 Å². The summed E-state index contributed by atoms with van der Waals surface area (Å²) in [6.07, 6.45) is 6.05. The van der Waals surface area contributed by atoms with Gasteiger partial charge in [-0.25, -0.2) is 0 Å². The second kappa shape index (κ2) is 4.21. The quantitative estimate of drug-likeness (QED) is 0.867. The lowest BCUT2D eigenvalue weighted by Crippen LogP contribution is -2.38. The summed E-state index contributed by atoms with van der Waals surface area (Å²) in [4.78, 5) is 12.0. The van der Waals surface area contributed by atoms with Crippen molar-refractivity contribution in [3.05, 3.63) is 24.2 Å². The number of amides is 1. The van der Waals surface area contributed by atoms with Gasteiger partial charge in [-0.2, -0.15) is 0 Å². The Labute approximate surface area is 102 Å². The molecular weight excluding hydrogens is 214 g/mol. The molecule has 1 N–H and O–H groups in total. The van der Waals surface area contributed by atoms with Crippen molar-refractivity contribution in [3.8, 4) is 0 Å². The predicted octanol–water partition coefficient (Wildman–Crippen LogP) is 2.37. The molecule has 1 aromatic heterocycles.